The number of fused-ring (bicyclic) bond motifs is 1. The summed E-state index contributed by atoms with van der Waals surface area (Å²) in [6.07, 6.45) is 3.09. The third kappa shape index (κ3) is 4.06. The van der Waals surface area contributed by atoms with Gasteiger partial charge in [0.05, 0.1) is 4.90 Å². The van der Waals surface area contributed by atoms with Crippen molar-refractivity contribution in [1.82, 2.24) is 4.72 Å². The minimum absolute atomic E-state index is 0.722. The molecule has 0 saturated carbocycles. The summed E-state index contributed by atoms with van der Waals surface area (Å²) >= 11 is 0. The van der Waals surface area contributed by atoms with Crippen LogP contribution in [0.25, 0.3) is 10.8 Å². The molecule has 1 atom stereocenters. The van der Waals surface area contributed by atoms with Gasteiger partial charge in [0.25, 0.3) is 0 Å². The maximum absolute atomic E-state index is 12.5. The summed E-state index contributed by atoms with van der Waals surface area (Å²) in [5.74, 6) is 0. The maximum Gasteiger partial charge on any atom is 0.125 e. The van der Waals surface area contributed by atoms with E-state index in [9.17, 15) is 4.21 Å². The molecular formula is C17H25N3OS. The Kier molecular flexibility index (Phi) is 6.36. The van der Waals surface area contributed by atoms with Gasteiger partial charge in [0.1, 0.15) is 11.0 Å². The van der Waals surface area contributed by atoms with Crippen molar-refractivity contribution in [2.45, 2.75) is 24.2 Å². The first kappa shape index (κ1) is 16.9. The van der Waals surface area contributed by atoms with Gasteiger partial charge in [0.15, 0.2) is 0 Å². The van der Waals surface area contributed by atoms with Gasteiger partial charge < -0.3 is 10.6 Å². The number of unbranched alkanes of at least 4 members (excludes halogenated alkanes) is 2. The molecule has 120 valence electrons. The molecule has 0 saturated heterocycles. The molecule has 0 bridgehead atoms. The van der Waals surface area contributed by atoms with Crippen molar-refractivity contribution >= 4 is 27.4 Å². The quantitative estimate of drug-likeness (QED) is 0.736. The van der Waals surface area contributed by atoms with Gasteiger partial charge in [-0.2, -0.15) is 0 Å². The van der Waals surface area contributed by atoms with E-state index in [1.807, 2.05) is 38.4 Å². The third-order valence-corrected chi connectivity index (χ3v) is 4.88. The lowest BCUT2D eigenvalue weighted by molar-refractivity contribution is 0.650. The molecule has 2 rings (SSSR count). The van der Waals surface area contributed by atoms with Gasteiger partial charge in [-0.1, -0.05) is 30.7 Å². The van der Waals surface area contributed by atoms with Crippen LogP contribution in [0.1, 0.15) is 19.3 Å². The molecule has 2 aromatic rings. The Balaban J connectivity index is 2.17. The molecule has 0 aliphatic heterocycles. The predicted molar refractivity (Wildman–Crippen MR) is 95.6 cm³/mol. The molecule has 0 aliphatic rings. The molecule has 3 N–H and O–H groups in total. The van der Waals surface area contributed by atoms with Crippen LogP contribution >= 0.6 is 0 Å². The molecule has 0 spiro atoms. The second-order valence-electron chi connectivity index (χ2n) is 5.54. The molecule has 0 heterocycles. The molecule has 0 amide bonds. The van der Waals surface area contributed by atoms with Crippen LogP contribution in [0.5, 0.6) is 0 Å². The molecule has 0 aliphatic carbocycles. The van der Waals surface area contributed by atoms with Crippen LogP contribution in [0, 0.1) is 0 Å². The SMILES string of the molecule is CN(C)c1cccc2c(S(=O)NCCCCCN)cccc12. The van der Waals surface area contributed by atoms with Gasteiger partial charge in [0.2, 0.25) is 0 Å². The van der Waals surface area contributed by atoms with Gasteiger partial charge in [-0.3, -0.25) is 0 Å². The average Bonchev–Trinajstić information content (AvgIpc) is 2.53. The van der Waals surface area contributed by atoms with Crippen LogP contribution in [0.15, 0.2) is 41.3 Å². The zero-order valence-corrected chi connectivity index (χ0v) is 14.2. The van der Waals surface area contributed by atoms with Crippen molar-refractivity contribution < 1.29 is 4.21 Å². The van der Waals surface area contributed by atoms with E-state index < -0.39 is 11.0 Å². The highest BCUT2D eigenvalue weighted by Crippen LogP contribution is 2.29. The van der Waals surface area contributed by atoms with Gasteiger partial charge in [-0.25, -0.2) is 8.93 Å². The Bertz CT molecular complexity index is 643. The summed E-state index contributed by atoms with van der Waals surface area (Å²) < 4.78 is 15.7. The van der Waals surface area contributed by atoms with Crippen molar-refractivity contribution in [3.63, 3.8) is 0 Å². The fourth-order valence-electron chi connectivity index (χ4n) is 2.50. The first-order valence-corrected chi connectivity index (χ1v) is 8.84. The van der Waals surface area contributed by atoms with Gasteiger partial charge in [-0.15, -0.1) is 0 Å². The number of anilines is 1. The van der Waals surface area contributed by atoms with Crippen LogP contribution in [0.2, 0.25) is 0 Å². The van der Waals surface area contributed by atoms with E-state index in [0.29, 0.717) is 0 Å². The van der Waals surface area contributed by atoms with E-state index in [0.717, 1.165) is 53.7 Å². The van der Waals surface area contributed by atoms with Crippen molar-refractivity contribution in [1.29, 1.82) is 0 Å². The highest BCUT2D eigenvalue weighted by Gasteiger charge is 2.10. The van der Waals surface area contributed by atoms with Gasteiger partial charge in [-0.05, 0) is 31.5 Å². The Morgan fingerprint density at radius 1 is 1.05 bits per heavy atom. The Morgan fingerprint density at radius 3 is 2.50 bits per heavy atom. The normalized spacial score (nSPS) is 12.5. The monoisotopic (exact) mass is 319 g/mol. The summed E-state index contributed by atoms with van der Waals surface area (Å²) in [5, 5.41) is 2.17. The average molecular weight is 319 g/mol. The fourth-order valence-corrected chi connectivity index (χ4v) is 3.57. The molecule has 22 heavy (non-hydrogen) atoms. The minimum atomic E-state index is -1.18. The van der Waals surface area contributed by atoms with E-state index in [1.165, 1.54) is 0 Å². The smallest absolute Gasteiger partial charge is 0.125 e. The number of hydrogen-bond acceptors (Lipinski definition) is 3. The first-order chi connectivity index (χ1) is 10.6. The predicted octanol–water partition coefficient (Wildman–Crippen LogP) is 2.65. The van der Waals surface area contributed by atoms with Crippen molar-refractivity contribution in [2.75, 3.05) is 32.1 Å². The van der Waals surface area contributed by atoms with Crippen LogP contribution in [0.3, 0.4) is 0 Å². The number of nitrogens with two attached hydrogens (primary N) is 1. The lowest BCUT2D eigenvalue weighted by atomic mass is 10.1. The number of nitrogens with zero attached hydrogens (tertiary/aromatic N) is 1. The molecular weight excluding hydrogens is 294 g/mol. The number of benzene rings is 2. The zero-order valence-electron chi connectivity index (χ0n) is 13.3. The summed E-state index contributed by atoms with van der Waals surface area (Å²) in [7, 11) is 2.86. The lowest BCUT2D eigenvalue weighted by Crippen LogP contribution is -2.19. The largest absolute Gasteiger partial charge is 0.377 e. The Labute approximate surface area is 135 Å². The molecule has 1 unspecified atom stereocenters. The summed E-state index contributed by atoms with van der Waals surface area (Å²) in [6.45, 7) is 1.47. The van der Waals surface area contributed by atoms with Crippen LogP contribution in [-0.2, 0) is 11.0 Å². The van der Waals surface area contributed by atoms with Gasteiger partial charge in [0, 0.05) is 37.1 Å². The number of hydrogen-bond donors (Lipinski definition) is 2. The Morgan fingerprint density at radius 2 is 1.77 bits per heavy atom. The van der Waals surface area contributed by atoms with E-state index in [2.05, 4.69) is 21.8 Å². The van der Waals surface area contributed by atoms with Crippen LogP contribution < -0.4 is 15.4 Å². The van der Waals surface area contributed by atoms with Crippen molar-refractivity contribution in [3.8, 4) is 0 Å². The molecule has 0 fully saturated rings. The summed E-state index contributed by atoms with van der Waals surface area (Å²) in [5.41, 5.74) is 6.62. The lowest BCUT2D eigenvalue weighted by Gasteiger charge is -2.16. The van der Waals surface area contributed by atoms with Gasteiger partial charge >= 0.3 is 0 Å². The molecule has 5 heteroatoms. The minimum Gasteiger partial charge on any atom is -0.377 e. The van der Waals surface area contributed by atoms with E-state index >= 15 is 0 Å². The van der Waals surface area contributed by atoms with Crippen molar-refractivity contribution in [3.05, 3.63) is 36.4 Å². The second-order valence-corrected chi connectivity index (χ2v) is 6.80. The molecule has 0 aromatic heterocycles. The van der Waals surface area contributed by atoms with Crippen LogP contribution in [0.4, 0.5) is 5.69 Å². The summed E-state index contributed by atoms with van der Waals surface area (Å²) in [6, 6.07) is 12.1. The van der Waals surface area contributed by atoms with E-state index in [-0.39, 0.29) is 0 Å². The van der Waals surface area contributed by atoms with Crippen molar-refractivity contribution in [2.24, 2.45) is 5.73 Å². The third-order valence-electron chi connectivity index (χ3n) is 3.65. The highest BCUT2D eigenvalue weighted by molar-refractivity contribution is 7.83. The van der Waals surface area contributed by atoms with Crippen LogP contribution in [-0.4, -0.2) is 31.4 Å². The molecule has 0 radical (unpaired) electrons. The standard InChI is InChI=1S/C17H25N3OS/c1-20(2)16-10-6-9-15-14(16)8-7-11-17(15)22(21)19-13-5-3-4-12-18/h6-11,19H,3-5,12-13,18H2,1-2H3. The number of nitrogens with one attached hydrogen (secondary N) is 1. The second kappa shape index (κ2) is 8.27. The number of rotatable bonds is 8. The topological polar surface area (TPSA) is 58.4 Å². The molecule has 4 nitrogen and oxygen atoms in total. The van der Waals surface area contributed by atoms with E-state index in [1.54, 1.807) is 0 Å². The first-order valence-electron chi connectivity index (χ1n) is 7.69. The Hall–Kier alpha value is -1.43. The fraction of sp³-hybridized carbons (Fsp3) is 0.412. The van der Waals surface area contributed by atoms with E-state index in [4.69, 9.17) is 5.73 Å². The molecule has 2 aromatic carbocycles. The highest BCUT2D eigenvalue weighted by atomic mass is 32.2. The maximum atomic E-state index is 12.5. The summed E-state index contributed by atoms with van der Waals surface area (Å²) in [4.78, 5) is 2.93. The zero-order chi connectivity index (χ0) is 15.9.